The zero-order valence-corrected chi connectivity index (χ0v) is 19.9. The number of carbonyl (C=O) groups is 3. The zero-order valence-electron chi connectivity index (χ0n) is 19.9. The fraction of sp³-hybridized carbons (Fsp3) is 0.375. The second-order valence-corrected chi connectivity index (χ2v) is 8.66. The summed E-state index contributed by atoms with van der Waals surface area (Å²) in [6.45, 7) is 3.42. The summed E-state index contributed by atoms with van der Waals surface area (Å²) in [6.07, 6.45) is 0.250. The summed E-state index contributed by atoms with van der Waals surface area (Å²) in [5.41, 5.74) is 2.53. The number of alkyl halides is 3. The molecule has 4 rings (SSSR count). The molecule has 3 heterocycles. The Labute approximate surface area is 210 Å². The van der Waals surface area contributed by atoms with Crippen LogP contribution in [0.5, 0.6) is 0 Å². The predicted molar refractivity (Wildman–Crippen MR) is 127 cm³/mol. The van der Waals surface area contributed by atoms with E-state index in [-0.39, 0.29) is 11.9 Å². The molecule has 1 atom stereocenters. The maximum atomic E-state index is 12.7. The average Bonchev–Trinajstić information content (AvgIpc) is 3.27. The number of piperidine rings is 1. The predicted octanol–water partition coefficient (Wildman–Crippen LogP) is 3.48. The lowest BCUT2D eigenvalue weighted by Gasteiger charge is -2.38. The summed E-state index contributed by atoms with van der Waals surface area (Å²) in [5, 5.41) is 16.9. The molecule has 10 nitrogen and oxygen atoms in total. The Balaban J connectivity index is 0.000000479. The van der Waals surface area contributed by atoms with Crippen molar-refractivity contribution in [2.24, 2.45) is 5.16 Å². The minimum Gasteiger partial charge on any atom is -0.475 e. The summed E-state index contributed by atoms with van der Waals surface area (Å²) in [5.74, 6) is -3.01. The van der Waals surface area contributed by atoms with Gasteiger partial charge in [-0.05, 0) is 43.5 Å². The number of benzene rings is 1. The van der Waals surface area contributed by atoms with Crippen molar-refractivity contribution in [3.63, 3.8) is 0 Å². The van der Waals surface area contributed by atoms with Crippen molar-refractivity contribution >= 4 is 29.3 Å². The number of pyridine rings is 1. The summed E-state index contributed by atoms with van der Waals surface area (Å²) in [6, 6.07) is 11.2. The Morgan fingerprint density at radius 3 is 2.51 bits per heavy atom. The normalized spacial score (nSPS) is 18.7. The van der Waals surface area contributed by atoms with Crippen LogP contribution in [0.3, 0.4) is 0 Å². The van der Waals surface area contributed by atoms with Gasteiger partial charge in [-0.2, -0.15) is 13.2 Å². The first kappa shape index (κ1) is 27.4. The lowest BCUT2D eigenvalue weighted by atomic mass is 9.88. The highest BCUT2D eigenvalue weighted by molar-refractivity contribution is 6.39. The number of aromatic nitrogens is 1. The van der Waals surface area contributed by atoms with E-state index in [1.54, 1.807) is 17.3 Å². The number of oxime groups is 1. The number of anilines is 1. The highest BCUT2D eigenvalue weighted by Crippen LogP contribution is 2.33. The molecule has 2 aliphatic rings. The summed E-state index contributed by atoms with van der Waals surface area (Å²) < 4.78 is 31.7. The van der Waals surface area contributed by atoms with Gasteiger partial charge in [-0.25, -0.2) is 9.59 Å². The molecule has 3 N–H and O–H groups in total. The fourth-order valence-corrected chi connectivity index (χ4v) is 3.76. The highest BCUT2D eigenvalue weighted by Gasteiger charge is 2.45. The number of carboxylic acids is 1. The van der Waals surface area contributed by atoms with Crippen molar-refractivity contribution in [2.45, 2.75) is 44.5 Å². The number of aryl methyl sites for hydroxylation is 1. The number of amides is 3. The summed E-state index contributed by atoms with van der Waals surface area (Å²) in [7, 11) is 0. The number of hydrogen-bond acceptors (Lipinski definition) is 6. The number of urea groups is 1. The lowest BCUT2D eigenvalue weighted by molar-refractivity contribution is -0.192. The van der Waals surface area contributed by atoms with E-state index in [0.29, 0.717) is 31.8 Å². The summed E-state index contributed by atoms with van der Waals surface area (Å²) >= 11 is 0. The van der Waals surface area contributed by atoms with Crippen LogP contribution >= 0.6 is 0 Å². The molecule has 1 spiro atoms. The third-order valence-electron chi connectivity index (χ3n) is 5.65. The molecule has 0 saturated carbocycles. The van der Waals surface area contributed by atoms with E-state index in [2.05, 4.69) is 20.8 Å². The SMILES string of the molecule is Cc1ccc(NC(=O)N2CCCC3(CC(C(=O)NCc4cccnc4)=NO3)C2)cc1.O=C(O)C(F)(F)F. The molecular formula is C24H26F3N5O5. The first-order valence-electron chi connectivity index (χ1n) is 11.3. The number of hydrogen-bond donors (Lipinski definition) is 3. The minimum absolute atomic E-state index is 0.170. The van der Waals surface area contributed by atoms with Crippen molar-refractivity contribution in [1.82, 2.24) is 15.2 Å². The van der Waals surface area contributed by atoms with Gasteiger partial charge in [-0.1, -0.05) is 28.9 Å². The van der Waals surface area contributed by atoms with E-state index in [1.165, 1.54) is 0 Å². The third-order valence-corrected chi connectivity index (χ3v) is 5.65. The van der Waals surface area contributed by atoms with Crippen LogP contribution in [0.1, 0.15) is 30.4 Å². The van der Waals surface area contributed by atoms with Crippen LogP contribution in [0.15, 0.2) is 53.9 Å². The van der Waals surface area contributed by atoms with Crippen LogP contribution in [-0.4, -0.2) is 63.5 Å². The first-order chi connectivity index (χ1) is 17.5. The first-order valence-corrected chi connectivity index (χ1v) is 11.3. The number of carbonyl (C=O) groups excluding carboxylic acids is 2. The molecule has 1 aromatic carbocycles. The molecule has 0 radical (unpaired) electrons. The largest absolute Gasteiger partial charge is 0.490 e. The Kier molecular flexibility index (Phi) is 8.69. The molecule has 37 heavy (non-hydrogen) atoms. The average molecular weight is 521 g/mol. The standard InChI is InChI=1S/C22H25N5O3.C2HF3O2/c1-16-5-7-18(8-6-16)25-21(29)27-11-3-9-22(15-27)12-19(26-30-22)20(28)24-14-17-4-2-10-23-13-17;3-2(4,5)1(6)7/h2,4-8,10,13H,3,9,11-12,14-15H2,1H3,(H,24,28)(H,25,29);(H,6,7). The maximum Gasteiger partial charge on any atom is 0.490 e. The summed E-state index contributed by atoms with van der Waals surface area (Å²) in [4.78, 5) is 45.6. The number of nitrogens with one attached hydrogen (secondary N) is 2. The Bertz CT molecular complexity index is 1140. The number of likely N-dealkylation sites (tertiary alicyclic amines) is 1. The number of nitrogens with zero attached hydrogens (tertiary/aromatic N) is 3. The molecule has 1 unspecified atom stereocenters. The van der Waals surface area contributed by atoms with Gasteiger partial charge < -0.3 is 25.5 Å². The molecule has 1 fully saturated rings. The van der Waals surface area contributed by atoms with Crippen LogP contribution in [0, 0.1) is 6.92 Å². The second kappa shape index (κ2) is 11.7. The van der Waals surface area contributed by atoms with Crippen LogP contribution in [0.2, 0.25) is 0 Å². The van der Waals surface area contributed by atoms with Gasteiger partial charge in [0, 0.05) is 37.6 Å². The number of rotatable bonds is 4. The molecule has 2 aliphatic heterocycles. The second-order valence-electron chi connectivity index (χ2n) is 8.66. The van der Waals surface area contributed by atoms with E-state index in [1.807, 2.05) is 43.3 Å². The van der Waals surface area contributed by atoms with Crippen LogP contribution in [-0.2, 0) is 21.0 Å². The number of aliphatic carboxylic acids is 1. The van der Waals surface area contributed by atoms with Gasteiger partial charge in [0.1, 0.15) is 5.71 Å². The Morgan fingerprint density at radius 2 is 1.89 bits per heavy atom. The van der Waals surface area contributed by atoms with E-state index in [0.717, 1.165) is 29.7 Å². The van der Waals surface area contributed by atoms with Gasteiger partial charge in [0.2, 0.25) is 0 Å². The monoisotopic (exact) mass is 521 g/mol. The van der Waals surface area contributed by atoms with Gasteiger partial charge in [0.05, 0.1) is 6.54 Å². The van der Waals surface area contributed by atoms with Crippen LogP contribution < -0.4 is 10.6 Å². The van der Waals surface area contributed by atoms with Crippen molar-refractivity contribution < 1.29 is 37.5 Å². The van der Waals surface area contributed by atoms with E-state index in [9.17, 15) is 22.8 Å². The van der Waals surface area contributed by atoms with E-state index in [4.69, 9.17) is 14.7 Å². The van der Waals surface area contributed by atoms with Crippen LogP contribution in [0.4, 0.5) is 23.7 Å². The smallest absolute Gasteiger partial charge is 0.475 e. The number of carboxylic acid groups (broad SMARTS) is 1. The van der Waals surface area contributed by atoms with Gasteiger partial charge in [-0.15, -0.1) is 0 Å². The molecule has 1 saturated heterocycles. The maximum absolute atomic E-state index is 12.7. The molecule has 13 heteroatoms. The van der Waals surface area contributed by atoms with Gasteiger partial charge in [-0.3, -0.25) is 9.78 Å². The number of halogens is 3. The fourth-order valence-electron chi connectivity index (χ4n) is 3.76. The molecule has 198 valence electrons. The molecule has 2 aromatic rings. The van der Waals surface area contributed by atoms with Crippen molar-refractivity contribution in [2.75, 3.05) is 18.4 Å². The molecule has 0 bridgehead atoms. The van der Waals surface area contributed by atoms with Crippen molar-refractivity contribution in [3.8, 4) is 0 Å². The quantitative estimate of drug-likeness (QED) is 0.564. The molecular weight excluding hydrogens is 495 g/mol. The zero-order chi connectivity index (χ0) is 27.1. The van der Waals surface area contributed by atoms with Crippen molar-refractivity contribution in [1.29, 1.82) is 0 Å². The minimum atomic E-state index is -5.08. The van der Waals surface area contributed by atoms with E-state index < -0.39 is 17.7 Å². The Morgan fingerprint density at radius 1 is 1.19 bits per heavy atom. The lowest BCUT2D eigenvalue weighted by Crippen LogP contribution is -2.52. The van der Waals surface area contributed by atoms with Gasteiger partial charge in [0.15, 0.2) is 5.60 Å². The Hall–Kier alpha value is -4.16. The highest BCUT2D eigenvalue weighted by atomic mass is 19.4. The third kappa shape index (κ3) is 7.92. The van der Waals surface area contributed by atoms with Crippen molar-refractivity contribution in [3.05, 3.63) is 59.9 Å². The molecule has 3 amide bonds. The van der Waals surface area contributed by atoms with E-state index >= 15 is 0 Å². The topological polar surface area (TPSA) is 133 Å². The molecule has 0 aliphatic carbocycles. The molecule has 1 aromatic heterocycles. The van der Waals surface area contributed by atoms with Gasteiger partial charge in [0.25, 0.3) is 5.91 Å². The van der Waals surface area contributed by atoms with Crippen LogP contribution in [0.25, 0.3) is 0 Å². The van der Waals surface area contributed by atoms with Gasteiger partial charge >= 0.3 is 18.2 Å².